The van der Waals surface area contributed by atoms with Crippen molar-refractivity contribution < 1.29 is 4.39 Å². The zero-order chi connectivity index (χ0) is 13.8. The molecular weight excluding hydrogens is 253 g/mol. The van der Waals surface area contributed by atoms with Gasteiger partial charge in [-0.2, -0.15) is 5.10 Å². The van der Waals surface area contributed by atoms with Crippen molar-refractivity contribution in [2.24, 2.45) is 0 Å². The van der Waals surface area contributed by atoms with Crippen LogP contribution in [-0.2, 0) is 6.42 Å². The third-order valence-corrected chi connectivity index (χ3v) is 4.11. The summed E-state index contributed by atoms with van der Waals surface area (Å²) in [6.45, 7) is 3.07. The molecule has 0 radical (unpaired) electrons. The Morgan fingerprint density at radius 1 is 1.15 bits per heavy atom. The minimum atomic E-state index is -0.0843. The molecule has 0 aliphatic carbocycles. The monoisotopic (exact) mass is 273 g/mol. The van der Waals surface area contributed by atoms with Crippen molar-refractivity contribution >= 4 is 0 Å². The summed E-state index contributed by atoms with van der Waals surface area (Å²) in [6, 6.07) is 9.57. The topological polar surface area (TPSA) is 21.1 Å². The lowest BCUT2D eigenvalue weighted by Gasteiger charge is -2.32. The Morgan fingerprint density at radius 3 is 2.65 bits per heavy atom. The average Bonchev–Trinajstić information content (AvgIpc) is 3.01. The first-order chi connectivity index (χ1) is 9.83. The van der Waals surface area contributed by atoms with E-state index in [9.17, 15) is 4.39 Å². The Kier molecular flexibility index (Phi) is 4.11. The Balaban J connectivity index is 1.48. The molecule has 1 fully saturated rings. The van der Waals surface area contributed by atoms with E-state index in [1.807, 2.05) is 30.6 Å². The molecule has 2 heterocycles. The van der Waals surface area contributed by atoms with Gasteiger partial charge in [-0.25, -0.2) is 4.39 Å². The molecule has 0 saturated carbocycles. The zero-order valence-corrected chi connectivity index (χ0v) is 11.6. The third kappa shape index (κ3) is 3.07. The van der Waals surface area contributed by atoms with Crippen molar-refractivity contribution in [3.05, 3.63) is 54.1 Å². The van der Waals surface area contributed by atoms with Gasteiger partial charge in [0.1, 0.15) is 5.82 Å². The van der Waals surface area contributed by atoms with Crippen LogP contribution in [0.3, 0.4) is 0 Å². The highest BCUT2D eigenvalue weighted by molar-refractivity contribution is 5.17. The van der Waals surface area contributed by atoms with Gasteiger partial charge in [-0.05, 0) is 37.0 Å². The second-order valence-corrected chi connectivity index (χ2v) is 5.40. The van der Waals surface area contributed by atoms with E-state index in [0.717, 1.165) is 44.5 Å². The summed E-state index contributed by atoms with van der Waals surface area (Å²) in [5.74, 6) is -0.0843. The summed E-state index contributed by atoms with van der Waals surface area (Å²) in [5, 5.41) is 4.32. The van der Waals surface area contributed by atoms with E-state index >= 15 is 0 Å². The molecule has 2 aromatic rings. The fourth-order valence-corrected chi connectivity index (χ4v) is 2.88. The van der Waals surface area contributed by atoms with Crippen molar-refractivity contribution in [2.45, 2.75) is 25.3 Å². The van der Waals surface area contributed by atoms with Gasteiger partial charge in [-0.3, -0.25) is 4.68 Å². The Bertz CT molecular complexity index is 530. The molecule has 0 spiro atoms. The van der Waals surface area contributed by atoms with E-state index in [1.165, 1.54) is 0 Å². The van der Waals surface area contributed by atoms with Gasteiger partial charge < -0.3 is 4.90 Å². The predicted octanol–water partition coefficient (Wildman–Crippen LogP) is 2.90. The first kappa shape index (κ1) is 13.3. The van der Waals surface area contributed by atoms with Crippen LogP contribution in [0, 0.1) is 5.82 Å². The van der Waals surface area contributed by atoms with E-state index in [1.54, 1.807) is 12.1 Å². The normalized spacial score (nSPS) is 17.4. The number of hydrogen-bond acceptors (Lipinski definition) is 2. The van der Waals surface area contributed by atoms with Crippen molar-refractivity contribution in [1.82, 2.24) is 14.7 Å². The fourth-order valence-electron chi connectivity index (χ4n) is 2.88. The second-order valence-electron chi connectivity index (χ2n) is 5.40. The minimum Gasteiger partial charge on any atom is -0.303 e. The van der Waals surface area contributed by atoms with Gasteiger partial charge in [0, 0.05) is 32.0 Å². The molecule has 3 rings (SSSR count). The first-order valence-corrected chi connectivity index (χ1v) is 7.28. The summed E-state index contributed by atoms with van der Waals surface area (Å²) in [4.78, 5) is 2.42. The molecular formula is C16H20FN3. The average molecular weight is 273 g/mol. The molecule has 4 heteroatoms. The highest BCUT2D eigenvalue weighted by atomic mass is 19.1. The number of nitrogens with zero attached hydrogens (tertiary/aromatic N) is 3. The maximum absolute atomic E-state index is 13.6. The molecule has 0 atom stereocenters. The first-order valence-electron chi connectivity index (χ1n) is 7.28. The summed E-state index contributed by atoms with van der Waals surface area (Å²) < 4.78 is 15.6. The van der Waals surface area contributed by atoms with E-state index in [4.69, 9.17) is 0 Å². The smallest absolute Gasteiger partial charge is 0.126 e. The Hall–Kier alpha value is -1.68. The third-order valence-electron chi connectivity index (χ3n) is 4.11. The predicted molar refractivity (Wildman–Crippen MR) is 77.0 cm³/mol. The number of benzene rings is 1. The summed E-state index contributed by atoms with van der Waals surface area (Å²) >= 11 is 0. The van der Waals surface area contributed by atoms with Gasteiger partial charge in [0.05, 0.1) is 6.04 Å². The number of piperidine rings is 1. The van der Waals surface area contributed by atoms with Crippen LogP contribution in [0.25, 0.3) is 0 Å². The van der Waals surface area contributed by atoms with Crippen molar-refractivity contribution in [3.8, 4) is 0 Å². The van der Waals surface area contributed by atoms with Crippen LogP contribution in [-0.4, -0.2) is 34.3 Å². The van der Waals surface area contributed by atoms with Crippen LogP contribution in [0.5, 0.6) is 0 Å². The SMILES string of the molecule is Fc1ccccc1CCN1CCC(n2cccn2)CC1. The van der Waals surface area contributed by atoms with Crippen LogP contribution in [0.2, 0.25) is 0 Å². The molecule has 0 bridgehead atoms. The number of halogens is 1. The molecule has 0 N–H and O–H groups in total. The molecule has 1 saturated heterocycles. The lowest BCUT2D eigenvalue weighted by atomic mass is 10.0. The van der Waals surface area contributed by atoms with Gasteiger partial charge >= 0.3 is 0 Å². The molecule has 1 aromatic carbocycles. The maximum atomic E-state index is 13.6. The Labute approximate surface area is 119 Å². The van der Waals surface area contributed by atoms with Gasteiger partial charge in [0.2, 0.25) is 0 Å². The highest BCUT2D eigenvalue weighted by Gasteiger charge is 2.20. The van der Waals surface area contributed by atoms with E-state index in [-0.39, 0.29) is 5.82 Å². The standard InChI is InChI=1S/C16H20FN3/c17-16-5-2-1-4-14(16)6-11-19-12-7-15(8-13-19)20-10-3-9-18-20/h1-5,9-10,15H,6-8,11-13H2. The van der Waals surface area contributed by atoms with E-state index in [2.05, 4.69) is 14.7 Å². The molecule has 1 aliphatic heterocycles. The largest absolute Gasteiger partial charge is 0.303 e. The molecule has 0 unspecified atom stereocenters. The number of rotatable bonds is 4. The number of hydrogen-bond donors (Lipinski definition) is 0. The number of likely N-dealkylation sites (tertiary alicyclic amines) is 1. The molecule has 3 nitrogen and oxygen atoms in total. The van der Waals surface area contributed by atoms with Crippen molar-refractivity contribution in [2.75, 3.05) is 19.6 Å². The number of aromatic nitrogens is 2. The highest BCUT2D eigenvalue weighted by Crippen LogP contribution is 2.21. The van der Waals surface area contributed by atoms with E-state index < -0.39 is 0 Å². The van der Waals surface area contributed by atoms with Crippen LogP contribution >= 0.6 is 0 Å². The lowest BCUT2D eigenvalue weighted by molar-refractivity contribution is 0.181. The van der Waals surface area contributed by atoms with Gasteiger partial charge in [0.15, 0.2) is 0 Å². The van der Waals surface area contributed by atoms with Gasteiger partial charge in [-0.15, -0.1) is 0 Å². The van der Waals surface area contributed by atoms with Crippen LogP contribution in [0.1, 0.15) is 24.4 Å². The molecule has 1 aromatic heterocycles. The molecule has 0 amide bonds. The molecule has 1 aliphatic rings. The molecule has 20 heavy (non-hydrogen) atoms. The minimum absolute atomic E-state index is 0.0843. The van der Waals surface area contributed by atoms with Gasteiger partial charge in [-0.1, -0.05) is 18.2 Å². The van der Waals surface area contributed by atoms with Crippen LogP contribution in [0.4, 0.5) is 4.39 Å². The molecule has 106 valence electrons. The second kappa shape index (κ2) is 6.18. The zero-order valence-electron chi connectivity index (χ0n) is 11.6. The van der Waals surface area contributed by atoms with Crippen LogP contribution in [0.15, 0.2) is 42.7 Å². The summed E-state index contributed by atoms with van der Waals surface area (Å²) in [5.41, 5.74) is 0.821. The quantitative estimate of drug-likeness (QED) is 0.854. The fraction of sp³-hybridized carbons (Fsp3) is 0.438. The van der Waals surface area contributed by atoms with Crippen LogP contribution < -0.4 is 0 Å². The summed E-state index contributed by atoms with van der Waals surface area (Å²) in [7, 11) is 0. The van der Waals surface area contributed by atoms with Crippen molar-refractivity contribution in [3.63, 3.8) is 0 Å². The van der Waals surface area contributed by atoms with E-state index in [0.29, 0.717) is 6.04 Å². The van der Waals surface area contributed by atoms with Crippen molar-refractivity contribution in [1.29, 1.82) is 0 Å². The summed E-state index contributed by atoms with van der Waals surface area (Å²) in [6.07, 6.45) is 6.92. The van der Waals surface area contributed by atoms with Gasteiger partial charge in [0.25, 0.3) is 0 Å². The lowest BCUT2D eigenvalue weighted by Crippen LogP contribution is -2.36. The Morgan fingerprint density at radius 2 is 1.95 bits per heavy atom. The maximum Gasteiger partial charge on any atom is 0.126 e.